The Hall–Kier alpha value is -3.07. The van der Waals surface area contributed by atoms with Gasteiger partial charge in [-0.25, -0.2) is 0 Å². The number of aryl methyl sites for hydroxylation is 2. The summed E-state index contributed by atoms with van der Waals surface area (Å²) in [5.41, 5.74) is 3.93. The molecule has 1 saturated heterocycles. The molecular formula is C20H21N5O. The topological polar surface area (TPSA) is 66.8 Å². The minimum atomic E-state index is 0.149. The van der Waals surface area contributed by atoms with Gasteiger partial charge in [-0.15, -0.1) is 0 Å². The van der Waals surface area contributed by atoms with E-state index in [9.17, 15) is 4.79 Å². The first-order chi connectivity index (χ1) is 12.5. The molecule has 3 heterocycles. The lowest BCUT2D eigenvalue weighted by Crippen LogP contribution is -2.16. The van der Waals surface area contributed by atoms with Crippen molar-refractivity contribution in [3.8, 4) is 17.3 Å². The summed E-state index contributed by atoms with van der Waals surface area (Å²) in [7, 11) is 3.84. The molecule has 0 N–H and O–H groups in total. The molecule has 1 fully saturated rings. The van der Waals surface area contributed by atoms with Gasteiger partial charge in [-0.2, -0.15) is 10.4 Å². The van der Waals surface area contributed by atoms with Gasteiger partial charge in [0.25, 0.3) is 0 Å². The second-order valence-corrected chi connectivity index (χ2v) is 7.09. The quantitative estimate of drug-likeness (QED) is 0.537. The van der Waals surface area contributed by atoms with Crippen LogP contribution in [0.25, 0.3) is 22.0 Å². The number of hydrogen-bond acceptors (Lipinski definition) is 4. The Morgan fingerprint density at radius 2 is 2.15 bits per heavy atom. The maximum Gasteiger partial charge on any atom is 0.179 e. The third-order valence-corrected chi connectivity index (χ3v) is 5.27. The van der Waals surface area contributed by atoms with E-state index in [1.165, 1.54) is 0 Å². The van der Waals surface area contributed by atoms with Crippen LogP contribution in [0.4, 0.5) is 0 Å². The van der Waals surface area contributed by atoms with Crippen molar-refractivity contribution >= 4 is 16.7 Å². The summed E-state index contributed by atoms with van der Waals surface area (Å²) >= 11 is 0. The number of rotatable bonds is 4. The van der Waals surface area contributed by atoms with Gasteiger partial charge in [0.15, 0.2) is 12.0 Å². The maximum atomic E-state index is 12.8. The van der Waals surface area contributed by atoms with E-state index in [1.807, 2.05) is 37.1 Å². The van der Waals surface area contributed by atoms with Gasteiger partial charge in [-0.05, 0) is 30.0 Å². The zero-order chi connectivity index (χ0) is 18.3. The second kappa shape index (κ2) is 6.34. The molecular weight excluding hydrogens is 326 g/mol. The monoisotopic (exact) mass is 347 g/mol. The second-order valence-electron chi connectivity index (χ2n) is 7.09. The number of likely N-dealkylation sites (tertiary alicyclic amines) is 1. The number of Topliss-reactive ketones (excluding diaryl/α,β-unsaturated/α-hetero) is 1. The fourth-order valence-electron chi connectivity index (χ4n) is 3.80. The lowest BCUT2D eigenvalue weighted by molar-refractivity contribution is 0.0955. The first-order valence-corrected chi connectivity index (χ1v) is 8.81. The molecule has 0 radical (unpaired) electrons. The number of benzene rings is 1. The number of nitrogens with zero attached hydrogens (tertiary/aromatic N) is 5. The van der Waals surface area contributed by atoms with Crippen molar-refractivity contribution in [1.82, 2.24) is 19.2 Å². The molecule has 26 heavy (non-hydrogen) atoms. The smallest absolute Gasteiger partial charge is 0.179 e. The number of aromatic nitrogens is 3. The lowest BCUT2D eigenvalue weighted by atomic mass is 10.0. The first kappa shape index (κ1) is 16.4. The van der Waals surface area contributed by atoms with Crippen LogP contribution in [0, 0.1) is 17.4 Å². The standard InChI is InChI=1S/C20H21N5O/c1-23-12-17(10-22-23)15-3-4-16-9-19(24(2)18(16)8-15)20(26)7-14-5-6-25(11-14)13-21/h3-4,8-10,12,14H,5-7,11H2,1-2H3/t14-/m0/s1. The minimum Gasteiger partial charge on any atom is -0.341 e. The number of nitriles is 1. The van der Waals surface area contributed by atoms with Crippen LogP contribution in [0.2, 0.25) is 0 Å². The Morgan fingerprint density at radius 3 is 2.85 bits per heavy atom. The van der Waals surface area contributed by atoms with Crippen LogP contribution in [0.5, 0.6) is 0 Å². The fourth-order valence-corrected chi connectivity index (χ4v) is 3.80. The van der Waals surface area contributed by atoms with E-state index < -0.39 is 0 Å². The third kappa shape index (κ3) is 2.86. The van der Waals surface area contributed by atoms with E-state index in [4.69, 9.17) is 5.26 Å². The molecule has 4 rings (SSSR count). The number of carbonyl (C=O) groups is 1. The highest BCUT2D eigenvalue weighted by molar-refractivity contribution is 6.00. The van der Waals surface area contributed by atoms with Gasteiger partial charge in [-0.3, -0.25) is 9.48 Å². The Kier molecular flexibility index (Phi) is 4.00. The van der Waals surface area contributed by atoms with Crippen molar-refractivity contribution < 1.29 is 4.79 Å². The highest BCUT2D eigenvalue weighted by Crippen LogP contribution is 2.28. The van der Waals surface area contributed by atoms with Gasteiger partial charge in [0.05, 0.1) is 11.9 Å². The number of hydrogen-bond donors (Lipinski definition) is 0. The van der Waals surface area contributed by atoms with Crippen LogP contribution in [0.1, 0.15) is 23.3 Å². The average molecular weight is 347 g/mol. The van der Waals surface area contributed by atoms with Gasteiger partial charge >= 0.3 is 0 Å². The van der Waals surface area contributed by atoms with Crippen molar-refractivity contribution in [3.05, 3.63) is 42.4 Å². The van der Waals surface area contributed by atoms with E-state index in [0.29, 0.717) is 13.0 Å². The zero-order valence-electron chi connectivity index (χ0n) is 15.0. The van der Waals surface area contributed by atoms with Crippen LogP contribution in [-0.2, 0) is 14.1 Å². The molecule has 0 aliphatic carbocycles. The number of fused-ring (bicyclic) bond motifs is 1. The molecule has 1 aromatic carbocycles. The van der Waals surface area contributed by atoms with E-state index >= 15 is 0 Å². The SMILES string of the molecule is Cn1cc(-c2ccc3cc(C(=O)C[C@@H]4CCN(C#N)C4)n(C)c3c2)cn1. The molecule has 0 amide bonds. The maximum absolute atomic E-state index is 12.8. The average Bonchev–Trinajstić information content (AvgIpc) is 3.34. The molecule has 0 unspecified atom stereocenters. The van der Waals surface area contributed by atoms with Crippen molar-refractivity contribution in [2.24, 2.45) is 20.0 Å². The normalized spacial score (nSPS) is 17.0. The highest BCUT2D eigenvalue weighted by Gasteiger charge is 2.25. The van der Waals surface area contributed by atoms with Crippen LogP contribution in [0.15, 0.2) is 36.7 Å². The summed E-state index contributed by atoms with van der Waals surface area (Å²) in [6.45, 7) is 1.45. The highest BCUT2D eigenvalue weighted by atomic mass is 16.1. The number of ketones is 1. The Bertz CT molecular complexity index is 1020. The zero-order valence-corrected chi connectivity index (χ0v) is 15.0. The van der Waals surface area contributed by atoms with Crippen LogP contribution in [-0.4, -0.2) is 38.1 Å². The van der Waals surface area contributed by atoms with Crippen molar-refractivity contribution in [3.63, 3.8) is 0 Å². The van der Waals surface area contributed by atoms with Gasteiger partial charge in [0, 0.05) is 56.3 Å². The summed E-state index contributed by atoms with van der Waals surface area (Å²) in [4.78, 5) is 14.5. The molecule has 6 heteroatoms. The Labute approximate surface area is 152 Å². The predicted molar refractivity (Wildman–Crippen MR) is 99.4 cm³/mol. The van der Waals surface area contributed by atoms with E-state index in [1.54, 1.807) is 9.58 Å². The molecule has 0 saturated carbocycles. The minimum absolute atomic E-state index is 0.149. The Balaban J connectivity index is 1.61. The van der Waals surface area contributed by atoms with Crippen molar-refractivity contribution in [1.29, 1.82) is 5.26 Å². The van der Waals surface area contributed by atoms with Crippen LogP contribution < -0.4 is 0 Å². The van der Waals surface area contributed by atoms with Gasteiger partial charge in [-0.1, -0.05) is 12.1 Å². The summed E-state index contributed by atoms with van der Waals surface area (Å²) in [6, 6.07) is 8.20. The van der Waals surface area contributed by atoms with E-state index in [-0.39, 0.29) is 11.7 Å². The molecule has 0 bridgehead atoms. The largest absolute Gasteiger partial charge is 0.341 e. The van der Waals surface area contributed by atoms with Crippen molar-refractivity contribution in [2.45, 2.75) is 12.8 Å². The summed E-state index contributed by atoms with van der Waals surface area (Å²) < 4.78 is 3.76. The first-order valence-electron chi connectivity index (χ1n) is 8.81. The molecule has 1 aliphatic heterocycles. The van der Waals surface area contributed by atoms with Gasteiger partial charge in [0.1, 0.15) is 0 Å². The summed E-state index contributed by atoms with van der Waals surface area (Å²) in [6.07, 6.45) is 7.41. The number of carbonyl (C=O) groups excluding carboxylic acids is 1. The predicted octanol–water partition coefficient (Wildman–Crippen LogP) is 2.95. The molecule has 1 atom stereocenters. The van der Waals surface area contributed by atoms with Crippen LogP contribution >= 0.6 is 0 Å². The van der Waals surface area contributed by atoms with Gasteiger partial charge in [0.2, 0.25) is 0 Å². The van der Waals surface area contributed by atoms with E-state index in [0.717, 1.165) is 40.7 Å². The van der Waals surface area contributed by atoms with Crippen LogP contribution in [0.3, 0.4) is 0 Å². The van der Waals surface area contributed by atoms with E-state index in [2.05, 4.69) is 29.5 Å². The molecule has 6 nitrogen and oxygen atoms in total. The molecule has 3 aromatic rings. The molecule has 1 aliphatic rings. The molecule has 2 aromatic heterocycles. The Morgan fingerprint density at radius 1 is 1.31 bits per heavy atom. The third-order valence-electron chi connectivity index (χ3n) is 5.27. The van der Waals surface area contributed by atoms with Crippen molar-refractivity contribution in [2.75, 3.05) is 13.1 Å². The van der Waals surface area contributed by atoms with Gasteiger partial charge < -0.3 is 9.47 Å². The summed E-state index contributed by atoms with van der Waals surface area (Å²) in [5, 5.41) is 14.3. The summed E-state index contributed by atoms with van der Waals surface area (Å²) in [5.74, 6) is 0.419. The molecule has 0 spiro atoms. The lowest BCUT2D eigenvalue weighted by Gasteiger charge is -2.09. The molecule has 132 valence electrons. The fraction of sp³-hybridized carbons (Fsp3) is 0.350.